The van der Waals surface area contributed by atoms with Gasteiger partial charge in [-0.15, -0.1) is 0 Å². The van der Waals surface area contributed by atoms with Gasteiger partial charge in [0.25, 0.3) is 0 Å². The molecule has 2 aliphatic heterocycles. The van der Waals surface area contributed by atoms with E-state index in [1.165, 1.54) is 116 Å². The molecule has 0 radical (unpaired) electrons. The number of carbonyl (C=O) groups is 1. The number of ether oxygens (including phenoxy) is 6. The van der Waals surface area contributed by atoms with Crippen molar-refractivity contribution in [1.29, 1.82) is 0 Å². The smallest absolute Gasteiger partial charge is 0.305 e. The first-order chi connectivity index (χ1) is 29.1. The molecule has 11 atom stereocenters. The van der Waals surface area contributed by atoms with Crippen LogP contribution in [0.15, 0.2) is 24.3 Å². The van der Waals surface area contributed by atoms with Crippen molar-refractivity contribution in [2.75, 3.05) is 33.0 Å². The minimum absolute atomic E-state index is 0.0537. The Balaban J connectivity index is 1.50. The molecule has 11 unspecified atom stereocenters. The van der Waals surface area contributed by atoms with Crippen LogP contribution in [-0.2, 0) is 33.2 Å². The Bertz CT molecular complexity index is 1090. The number of unbranched alkanes of at least 4 members (excludes halogenated alkanes) is 19. The Morgan fingerprint density at radius 3 is 1.53 bits per heavy atom. The fourth-order valence-electron chi connectivity index (χ4n) is 7.35. The number of hydrogen-bond donors (Lipinski definition) is 7. The zero-order valence-electron chi connectivity index (χ0n) is 36.9. The van der Waals surface area contributed by atoms with Gasteiger partial charge in [0.2, 0.25) is 0 Å². The van der Waals surface area contributed by atoms with Crippen molar-refractivity contribution < 1.29 is 69.0 Å². The van der Waals surface area contributed by atoms with E-state index in [0.717, 1.165) is 25.7 Å². The molecule has 0 saturated carbocycles. The van der Waals surface area contributed by atoms with Crippen molar-refractivity contribution in [2.24, 2.45) is 0 Å². The molecule has 2 aliphatic rings. The third-order valence-corrected chi connectivity index (χ3v) is 11.3. The van der Waals surface area contributed by atoms with E-state index in [1.54, 1.807) is 6.92 Å². The Labute approximate surface area is 360 Å². The van der Waals surface area contributed by atoms with E-state index in [2.05, 4.69) is 31.2 Å². The lowest BCUT2D eigenvalue weighted by Gasteiger charge is -2.42. The van der Waals surface area contributed by atoms with Crippen molar-refractivity contribution >= 4 is 5.97 Å². The minimum atomic E-state index is -1.70. The third kappa shape index (κ3) is 23.2. The SMILES string of the molecule is CCCCCCC/C=C\C/C=C\CCCCCCCCCCCCCCCCOCC(COC1OC(COC2OC(CO)C(O)C(O)C2O)C(O)C(O)C1O)OC(=O)CC. The summed E-state index contributed by atoms with van der Waals surface area (Å²) in [4.78, 5) is 12.1. The van der Waals surface area contributed by atoms with Crippen LogP contribution in [0.4, 0.5) is 0 Å². The molecule has 0 aliphatic carbocycles. The van der Waals surface area contributed by atoms with E-state index in [-0.39, 0.29) is 19.6 Å². The third-order valence-electron chi connectivity index (χ3n) is 11.3. The molecular weight excluding hydrogens is 776 g/mol. The second-order valence-corrected chi connectivity index (χ2v) is 16.5. The molecule has 2 saturated heterocycles. The predicted molar refractivity (Wildman–Crippen MR) is 229 cm³/mol. The van der Waals surface area contributed by atoms with Crippen LogP contribution in [0.2, 0.25) is 0 Å². The summed E-state index contributed by atoms with van der Waals surface area (Å²) in [5.74, 6) is -0.463. The maximum atomic E-state index is 12.1. The number of hydrogen-bond acceptors (Lipinski definition) is 14. The van der Waals surface area contributed by atoms with Crippen molar-refractivity contribution in [2.45, 2.75) is 229 Å². The molecule has 352 valence electrons. The van der Waals surface area contributed by atoms with Gasteiger partial charge in [-0.25, -0.2) is 0 Å². The van der Waals surface area contributed by atoms with Crippen molar-refractivity contribution in [1.82, 2.24) is 0 Å². The predicted octanol–water partition coefficient (Wildman–Crippen LogP) is 5.68. The summed E-state index contributed by atoms with van der Waals surface area (Å²) < 4.78 is 33.4. The van der Waals surface area contributed by atoms with E-state index in [0.29, 0.717) is 6.61 Å². The first-order valence-electron chi connectivity index (χ1n) is 23.4. The van der Waals surface area contributed by atoms with Gasteiger partial charge in [-0.3, -0.25) is 4.79 Å². The van der Waals surface area contributed by atoms with Gasteiger partial charge >= 0.3 is 5.97 Å². The summed E-state index contributed by atoms with van der Waals surface area (Å²) in [5, 5.41) is 71.2. The molecule has 0 bridgehead atoms. The molecule has 60 heavy (non-hydrogen) atoms. The molecule has 0 aromatic heterocycles. The first-order valence-corrected chi connectivity index (χ1v) is 23.4. The topological polar surface area (TPSA) is 214 Å². The highest BCUT2D eigenvalue weighted by molar-refractivity contribution is 5.69. The quantitative estimate of drug-likeness (QED) is 0.0230. The summed E-state index contributed by atoms with van der Waals surface area (Å²) in [6, 6.07) is 0. The van der Waals surface area contributed by atoms with Crippen LogP contribution < -0.4 is 0 Å². The molecule has 14 nitrogen and oxygen atoms in total. The molecule has 0 amide bonds. The van der Waals surface area contributed by atoms with Crippen LogP contribution in [0, 0.1) is 0 Å². The normalized spacial score (nSPS) is 27.9. The lowest BCUT2D eigenvalue weighted by molar-refractivity contribution is -0.332. The van der Waals surface area contributed by atoms with Gasteiger partial charge in [-0.1, -0.05) is 141 Å². The van der Waals surface area contributed by atoms with Gasteiger partial charge in [-0.05, 0) is 38.5 Å². The zero-order chi connectivity index (χ0) is 43.8. The minimum Gasteiger partial charge on any atom is -0.457 e. The maximum Gasteiger partial charge on any atom is 0.305 e. The highest BCUT2D eigenvalue weighted by Crippen LogP contribution is 2.26. The zero-order valence-corrected chi connectivity index (χ0v) is 36.9. The van der Waals surface area contributed by atoms with Crippen LogP contribution >= 0.6 is 0 Å². The lowest BCUT2D eigenvalue weighted by atomic mass is 9.98. The van der Waals surface area contributed by atoms with E-state index in [9.17, 15) is 40.5 Å². The number of aliphatic hydroxyl groups excluding tert-OH is 7. The van der Waals surface area contributed by atoms with Crippen LogP contribution in [0.5, 0.6) is 0 Å². The fraction of sp³-hybridized carbons (Fsp3) is 0.891. The van der Waals surface area contributed by atoms with E-state index in [1.807, 2.05) is 0 Å². The van der Waals surface area contributed by atoms with Crippen molar-refractivity contribution in [3.05, 3.63) is 24.3 Å². The number of aliphatic hydroxyl groups is 7. The Morgan fingerprint density at radius 1 is 0.550 bits per heavy atom. The van der Waals surface area contributed by atoms with Gasteiger partial charge < -0.3 is 64.2 Å². The monoisotopic (exact) mass is 861 g/mol. The summed E-state index contributed by atoms with van der Waals surface area (Å²) in [5.41, 5.74) is 0. The molecule has 0 aromatic carbocycles. The van der Waals surface area contributed by atoms with Crippen LogP contribution in [0.3, 0.4) is 0 Å². The van der Waals surface area contributed by atoms with Crippen molar-refractivity contribution in [3.63, 3.8) is 0 Å². The van der Waals surface area contributed by atoms with Crippen molar-refractivity contribution in [3.8, 4) is 0 Å². The highest BCUT2D eigenvalue weighted by Gasteiger charge is 2.47. The van der Waals surface area contributed by atoms with Crippen LogP contribution in [0.25, 0.3) is 0 Å². The van der Waals surface area contributed by atoms with Gasteiger partial charge in [0, 0.05) is 13.0 Å². The molecule has 2 fully saturated rings. The van der Waals surface area contributed by atoms with Gasteiger partial charge in [-0.2, -0.15) is 0 Å². The van der Waals surface area contributed by atoms with Gasteiger partial charge in [0.15, 0.2) is 12.6 Å². The van der Waals surface area contributed by atoms with Gasteiger partial charge in [0.05, 0.1) is 26.4 Å². The van der Waals surface area contributed by atoms with E-state index < -0.39 is 86.7 Å². The fourth-order valence-corrected chi connectivity index (χ4v) is 7.35. The molecule has 14 heteroatoms. The number of carbonyl (C=O) groups excluding carboxylic acids is 1. The average Bonchev–Trinajstić information content (AvgIpc) is 3.25. The molecule has 2 heterocycles. The maximum absolute atomic E-state index is 12.1. The Morgan fingerprint density at radius 2 is 1.02 bits per heavy atom. The van der Waals surface area contributed by atoms with E-state index >= 15 is 0 Å². The Hall–Kier alpha value is -1.53. The number of allylic oxidation sites excluding steroid dienone is 4. The number of esters is 1. The lowest BCUT2D eigenvalue weighted by Crippen LogP contribution is -2.61. The largest absolute Gasteiger partial charge is 0.457 e. The van der Waals surface area contributed by atoms with E-state index in [4.69, 9.17) is 28.4 Å². The summed E-state index contributed by atoms with van der Waals surface area (Å²) >= 11 is 0. The first kappa shape index (κ1) is 54.6. The molecule has 0 aromatic rings. The van der Waals surface area contributed by atoms with Crippen LogP contribution in [0.1, 0.15) is 162 Å². The van der Waals surface area contributed by atoms with Gasteiger partial charge in [0.1, 0.15) is 54.9 Å². The average molecular weight is 861 g/mol. The summed E-state index contributed by atoms with van der Waals surface area (Å²) in [6.07, 6.45) is 21.0. The molecule has 2 rings (SSSR count). The second kappa shape index (κ2) is 34.9. The summed E-state index contributed by atoms with van der Waals surface area (Å²) in [6.45, 7) is 3.09. The van der Waals surface area contributed by atoms with Crippen LogP contribution in [-0.4, -0.2) is 142 Å². The second-order valence-electron chi connectivity index (χ2n) is 16.5. The molecule has 0 spiro atoms. The Kier molecular flexibility index (Phi) is 31.8. The summed E-state index contributed by atoms with van der Waals surface area (Å²) in [7, 11) is 0. The number of rotatable bonds is 36. The molecular formula is C46H84O14. The standard InChI is InChI=1S/C46H84O14/c1-3-5-6-7-8-9-10-11-12-13-14-15-16-17-18-19-20-21-22-23-24-25-26-27-28-29-30-55-32-35(58-38(48)4-2)33-56-45-44(54)42(52)40(50)37(60-45)34-57-46-43(53)41(51)39(49)36(31-47)59-46/h10-11,13-14,35-37,39-47,49-54H,3-9,12,15-34H2,1-2H3/b11-10-,14-13-. The molecule has 7 N–H and O–H groups in total. The highest BCUT2D eigenvalue weighted by atomic mass is 16.7.